The summed E-state index contributed by atoms with van der Waals surface area (Å²) in [5.41, 5.74) is 3.23. The van der Waals surface area contributed by atoms with E-state index in [1.807, 2.05) is 70.6 Å². The van der Waals surface area contributed by atoms with E-state index in [0.717, 1.165) is 28.6 Å². The molecule has 2 heterocycles. The van der Waals surface area contributed by atoms with Crippen molar-refractivity contribution in [3.05, 3.63) is 93.8 Å². The van der Waals surface area contributed by atoms with E-state index in [2.05, 4.69) is 11.4 Å². The van der Waals surface area contributed by atoms with E-state index in [1.54, 1.807) is 11.3 Å². The Bertz CT molecular complexity index is 1050. The molecule has 0 fully saturated rings. The van der Waals surface area contributed by atoms with E-state index in [1.165, 1.54) is 4.88 Å². The zero-order valence-corrected chi connectivity index (χ0v) is 15.6. The van der Waals surface area contributed by atoms with Gasteiger partial charge in [0.2, 0.25) is 0 Å². The molecule has 0 unspecified atom stereocenters. The minimum absolute atomic E-state index is 0.360. The van der Waals surface area contributed by atoms with Crippen molar-refractivity contribution >= 4 is 28.2 Å². The summed E-state index contributed by atoms with van der Waals surface area (Å²) in [6.45, 7) is 1.78. The van der Waals surface area contributed by atoms with Crippen molar-refractivity contribution in [1.82, 2.24) is 9.88 Å². The highest BCUT2D eigenvalue weighted by Crippen LogP contribution is 2.27. The van der Waals surface area contributed by atoms with Gasteiger partial charge in [0.15, 0.2) is 0 Å². The number of benzene rings is 2. The maximum Gasteiger partial charge on any atom is 0.352 e. The lowest BCUT2D eigenvalue weighted by molar-refractivity contribution is 0.0685. The Morgan fingerprint density at radius 2 is 1.74 bits per heavy atom. The first kappa shape index (κ1) is 17.5. The Hall–Kier alpha value is -2.89. The van der Waals surface area contributed by atoms with Crippen LogP contribution < -0.4 is 5.32 Å². The normalized spacial score (nSPS) is 11.1. The molecule has 4 aromatic rings. The molecule has 4 rings (SSSR count). The van der Waals surface area contributed by atoms with E-state index in [4.69, 9.17) is 0 Å². The summed E-state index contributed by atoms with van der Waals surface area (Å²) in [7, 11) is 0. The first-order valence-electron chi connectivity index (χ1n) is 8.84. The lowest BCUT2D eigenvalue weighted by atomic mass is 10.1. The second kappa shape index (κ2) is 7.78. The number of hydrogen-bond acceptors (Lipinski definition) is 3. The van der Waals surface area contributed by atoms with E-state index < -0.39 is 5.97 Å². The lowest BCUT2D eigenvalue weighted by Gasteiger charge is -2.10. The van der Waals surface area contributed by atoms with Crippen LogP contribution in [0.1, 0.15) is 26.5 Å². The zero-order valence-electron chi connectivity index (χ0n) is 14.8. The molecule has 0 radical (unpaired) electrons. The van der Waals surface area contributed by atoms with Crippen molar-refractivity contribution in [1.29, 1.82) is 0 Å². The minimum Gasteiger partial charge on any atom is -0.477 e. The fourth-order valence-corrected chi connectivity index (χ4v) is 4.13. The van der Waals surface area contributed by atoms with Crippen molar-refractivity contribution in [2.75, 3.05) is 0 Å². The number of aromatic nitrogens is 1. The highest BCUT2D eigenvalue weighted by Gasteiger charge is 2.22. The molecule has 0 aliphatic heterocycles. The van der Waals surface area contributed by atoms with Crippen molar-refractivity contribution in [2.45, 2.75) is 19.6 Å². The summed E-state index contributed by atoms with van der Waals surface area (Å²) < 4.78 is 1.91. The minimum atomic E-state index is -0.893. The molecule has 0 saturated carbocycles. The van der Waals surface area contributed by atoms with Crippen LogP contribution in [0.5, 0.6) is 0 Å². The van der Waals surface area contributed by atoms with Gasteiger partial charge in [-0.05, 0) is 23.1 Å². The second-order valence-electron chi connectivity index (χ2n) is 6.40. The molecule has 0 aliphatic carbocycles. The molecule has 0 bridgehead atoms. The third-order valence-corrected chi connectivity index (χ3v) is 5.52. The fraction of sp³-hybridized carbons (Fsp3) is 0.136. The average Bonchev–Trinajstić information content (AvgIpc) is 3.30. The predicted octanol–water partition coefficient (Wildman–Crippen LogP) is 4.74. The largest absolute Gasteiger partial charge is 0.477 e. The summed E-state index contributed by atoms with van der Waals surface area (Å²) >= 11 is 1.70. The molecule has 2 N–H and O–H groups in total. The molecule has 0 amide bonds. The van der Waals surface area contributed by atoms with Gasteiger partial charge >= 0.3 is 5.97 Å². The van der Waals surface area contributed by atoms with Crippen LogP contribution in [-0.2, 0) is 19.6 Å². The standard InChI is InChI=1S/C22H20N2O2S/c25-22(26)21-19(14-23-13-17-9-6-12-27-17)18-10-4-5-11-20(18)24(21)15-16-7-2-1-3-8-16/h1-12,23H,13-15H2,(H,25,26). The molecule has 0 saturated heterocycles. The van der Waals surface area contributed by atoms with Gasteiger partial charge in [0.05, 0.1) is 0 Å². The first-order chi connectivity index (χ1) is 13.2. The number of thiophene rings is 1. The number of carbonyl (C=O) groups is 1. The van der Waals surface area contributed by atoms with E-state index >= 15 is 0 Å². The zero-order chi connectivity index (χ0) is 18.6. The highest BCUT2D eigenvalue weighted by atomic mass is 32.1. The summed E-state index contributed by atoms with van der Waals surface area (Å²) in [6.07, 6.45) is 0. The molecule has 5 heteroatoms. The number of para-hydroxylation sites is 1. The van der Waals surface area contributed by atoms with Crippen LogP contribution in [0.25, 0.3) is 10.9 Å². The molecule has 0 spiro atoms. The molecule has 0 atom stereocenters. The van der Waals surface area contributed by atoms with Gasteiger partial charge in [-0.3, -0.25) is 0 Å². The van der Waals surface area contributed by atoms with Crippen molar-refractivity contribution in [3.63, 3.8) is 0 Å². The number of aromatic carboxylic acids is 1. The van der Waals surface area contributed by atoms with Gasteiger partial charge in [0.25, 0.3) is 0 Å². The Morgan fingerprint density at radius 3 is 2.48 bits per heavy atom. The number of nitrogens with zero attached hydrogens (tertiary/aromatic N) is 1. The van der Waals surface area contributed by atoms with Gasteiger partial charge in [-0.25, -0.2) is 4.79 Å². The number of carboxylic acid groups (broad SMARTS) is 1. The predicted molar refractivity (Wildman–Crippen MR) is 109 cm³/mol. The fourth-order valence-electron chi connectivity index (χ4n) is 3.45. The quantitative estimate of drug-likeness (QED) is 0.490. The molecule has 136 valence electrons. The van der Waals surface area contributed by atoms with E-state index in [0.29, 0.717) is 18.8 Å². The van der Waals surface area contributed by atoms with Crippen molar-refractivity contribution in [3.8, 4) is 0 Å². The van der Waals surface area contributed by atoms with Gasteiger partial charge in [0, 0.05) is 41.0 Å². The SMILES string of the molecule is O=C(O)c1c(CNCc2cccs2)c2ccccc2n1Cc1ccccc1. The maximum absolute atomic E-state index is 12.1. The number of fused-ring (bicyclic) bond motifs is 1. The second-order valence-corrected chi connectivity index (χ2v) is 7.44. The van der Waals surface area contributed by atoms with Gasteiger partial charge in [0.1, 0.15) is 5.69 Å². The summed E-state index contributed by atoms with van der Waals surface area (Å²) in [5, 5.41) is 16.4. The third-order valence-electron chi connectivity index (χ3n) is 4.64. The third kappa shape index (κ3) is 3.65. The molecule has 2 aromatic heterocycles. The van der Waals surface area contributed by atoms with Gasteiger partial charge in [-0.2, -0.15) is 0 Å². The van der Waals surface area contributed by atoms with Gasteiger partial charge in [-0.15, -0.1) is 11.3 Å². The molecule has 27 heavy (non-hydrogen) atoms. The van der Waals surface area contributed by atoms with Crippen LogP contribution in [0.4, 0.5) is 0 Å². The number of carboxylic acids is 1. The van der Waals surface area contributed by atoms with E-state index in [9.17, 15) is 9.90 Å². The molecular weight excluding hydrogens is 356 g/mol. The maximum atomic E-state index is 12.1. The molecule has 4 nitrogen and oxygen atoms in total. The van der Waals surface area contributed by atoms with Crippen LogP contribution in [-0.4, -0.2) is 15.6 Å². The molecule has 2 aromatic carbocycles. The smallest absolute Gasteiger partial charge is 0.352 e. The summed E-state index contributed by atoms with van der Waals surface area (Å²) in [5.74, 6) is -0.893. The Labute approximate surface area is 161 Å². The Kier molecular flexibility index (Phi) is 5.05. The Balaban J connectivity index is 1.73. The van der Waals surface area contributed by atoms with Crippen molar-refractivity contribution < 1.29 is 9.90 Å². The number of nitrogens with one attached hydrogen (secondary N) is 1. The van der Waals surface area contributed by atoms with Gasteiger partial charge < -0.3 is 15.0 Å². The van der Waals surface area contributed by atoms with Gasteiger partial charge in [-0.1, -0.05) is 54.6 Å². The van der Waals surface area contributed by atoms with Crippen molar-refractivity contribution in [2.24, 2.45) is 0 Å². The lowest BCUT2D eigenvalue weighted by Crippen LogP contribution is -2.16. The van der Waals surface area contributed by atoms with E-state index in [-0.39, 0.29) is 0 Å². The first-order valence-corrected chi connectivity index (χ1v) is 9.72. The van der Waals surface area contributed by atoms with Crippen LogP contribution in [0.2, 0.25) is 0 Å². The topological polar surface area (TPSA) is 54.3 Å². The van der Waals surface area contributed by atoms with Crippen LogP contribution >= 0.6 is 11.3 Å². The number of hydrogen-bond donors (Lipinski definition) is 2. The average molecular weight is 376 g/mol. The summed E-state index contributed by atoms with van der Waals surface area (Å²) in [4.78, 5) is 13.4. The monoisotopic (exact) mass is 376 g/mol. The summed E-state index contributed by atoms with van der Waals surface area (Å²) in [6, 6.07) is 22.0. The molecular formula is C22H20N2O2S. The van der Waals surface area contributed by atoms with Crippen LogP contribution in [0, 0.1) is 0 Å². The van der Waals surface area contributed by atoms with Crippen LogP contribution in [0.15, 0.2) is 72.1 Å². The highest BCUT2D eigenvalue weighted by molar-refractivity contribution is 7.09. The Morgan fingerprint density at radius 1 is 0.963 bits per heavy atom. The number of rotatable bonds is 7. The van der Waals surface area contributed by atoms with Crippen LogP contribution in [0.3, 0.4) is 0 Å². The molecule has 0 aliphatic rings.